The lowest BCUT2D eigenvalue weighted by molar-refractivity contribution is 1.13. The van der Waals surface area contributed by atoms with E-state index in [4.69, 9.17) is 11.6 Å². The molecule has 0 fully saturated rings. The molecule has 92 valence electrons. The minimum atomic E-state index is -0.776. The fourth-order valence-corrected chi connectivity index (χ4v) is 5.58. The number of allylic oxidation sites excluding steroid dienone is 2. The van der Waals surface area contributed by atoms with Gasteiger partial charge in [-0.25, -0.2) is 0 Å². The van der Waals surface area contributed by atoms with Crippen LogP contribution in [0.2, 0.25) is 13.1 Å². The molecular weight excluding hydrogens is 244 g/mol. The second kappa shape index (κ2) is 4.29. The number of hydrogen-bond acceptors (Lipinski definition) is 0. The molecular formula is C15H21ClSi. The summed E-state index contributed by atoms with van der Waals surface area (Å²) in [6, 6.07) is 2.32. The van der Waals surface area contributed by atoms with Gasteiger partial charge in [0.15, 0.2) is 0 Å². The second-order valence-electron chi connectivity index (χ2n) is 5.52. The van der Waals surface area contributed by atoms with Gasteiger partial charge in [-0.3, -0.25) is 0 Å². The van der Waals surface area contributed by atoms with Crippen molar-refractivity contribution in [1.82, 2.24) is 0 Å². The maximum Gasteiger partial charge on any atom is 0.0804 e. The van der Waals surface area contributed by atoms with Crippen LogP contribution in [0.3, 0.4) is 0 Å². The molecule has 2 rings (SSSR count). The molecule has 0 radical (unpaired) electrons. The van der Waals surface area contributed by atoms with Crippen molar-refractivity contribution in [1.29, 1.82) is 0 Å². The van der Waals surface area contributed by atoms with E-state index in [1.165, 1.54) is 33.4 Å². The predicted octanol–water partition coefficient (Wildman–Crippen LogP) is 4.08. The van der Waals surface area contributed by atoms with Gasteiger partial charge >= 0.3 is 0 Å². The summed E-state index contributed by atoms with van der Waals surface area (Å²) in [7, 11) is -0.776. The Labute approximate surface area is 111 Å². The predicted molar refractivity (Wildman–Crippen MR) is 81.3 cm³/mol. The number of alkyl halides is 1. The van der Waals surface area contributed by atoms with Gasteiger partial charge in [-0.05, 0) is 55.5 Å². The maximum absolute atomic E-state index is 6.52. The Kier molecular flexibility index (Phi) is 3.26. The van der Waals surface area contributed by atoms with E-state index < -0.39 is 8.80 Å². The number of benzene rings is 1. The highest BCUT2D eigenvalue weighted by Gasteiger charge is 2.28. The summed E-state index contributed by atoms with van der Waals surface area (Å²) in [6.45, 7) is 13.7. The van der Waals surface area contributed by atoms with Crippen molar-refractivity contribution >= 4 is 31.2 Å². The highest BCUT2D eigenvalue weighted by atomic mass is 35.5. The van der Waals surface area contributed by atoms with E-state index in [0.29, 0.717) is 0 Å². The molecule has 0 aliphatic heterocycles. The van der Waals surface area contributed by atoms with Gasteiger partial charge in [0.1, 0.15) is 0 Å². The summed E-state index contributed by atoms with van der Waals surface area (Å²) in [5.74, 6) is 0. The number of rotatable bonds is 1. The first-order valence-corrected chi connectivity index (χ1v) is 9.64. The Morgan fingerprint density at radius 2 is 1.71 bits per heavy atom. The van der Waals surface area contributed by atoms with Gasteiger partial charge in [-0.15, -0.1) is 11.6 Å². The summed E-state index contributed by atoms with van der Waals surface area (Å²) in [5, 5.41) is 1.71. The number of halogens is 1. The first kappa shape index (κ1) is 12.9. The molecule has 0 aromatic heterocycles. The van der Waals surface area contributed by atoms with E-state index in [-0.39, 0.29) is 5.38 Å². The standard InChI is InChI=1S/C15H21ClSi/c1-8-7-12-13(9(2)10(3)14(12)16)11(4)15(8)17(5)6/h7,14,17H,1-6H3. The van der Waals surface area contributed by atoms with Gasteiger partial charge in [-0.1, -0.05) is 29.9 Å². The lowest BCUT2D eigenvalue weighted by Crippen LogP contribution is -2.29. The van der Waals surface area contributed by atoms with Gasteiger partial charge in [0.05, 0.1) is 14.2 Å². The van der Waals surface area contributed by atoms with Crippen LogP contribution < -0.4 is 5.19 Å². The Morgan fingerprint density at radius 3 is 2.24 bits per heavy atom. The molecule has 17 heavy (non-hydrogen) atoms. The molecule has 0 heterocycles. The SMILES string of the molecule is CC1=C(C)C(Cl)c2cc(C)c([SiH](C)C)c(C)c21. The average molecular weight is 265 g/mol. The zero-order valence-corrected chi connectivity index (χ0v) is 13.5. The molecule has 0 saturated heterocycles. The lowest BCUT2D eigenvalue weighted by Gasteiger charge is -2.18. The summed E-state index contributed by atoms with van der Waals surface area (Å²) >= 11 is 6.52. The molecule has 1 aliphatic rings. The van der Waals surface area contributed by atoms with Crippen LogP contribution in [0, 0.1) is 13.8 Å². The zero-order chi connectivity index (χ0) is 12.9. The molecule has 0 amide bonds. The molecule has 1 atom stereocenters. The number of fused-ring (bicyclic) bond motifs is 1. The third-order valence-corrected chi connectivity index (χ3v) is 6.67. The normalized spacial score (nSPS) is 19.2. The van der Waals surface area contributed by atoms with E-state index in [1.807, 2.05) is 0 Å². The minimum absolute atomic E-state index is 0.0882. The average Bonchev–Trinajstić information content (AvgIpc) is 2.43. The van der Waals surface area contributed by atoms with E-state index in [2.05, 4.69) is 46.9 Å². The van der Waals surface area contributed by atoms with Crippen LogP contribution in [0.4, 0.5) is 0 Å². The zero-order valence-electron chi connectivity index (χ0n) is 11.6. The van der Waals surface area contributed by atoms with Crippen molar-refractivity contribution in [2.75, 3.05) is 0 Å². The van der Waals surface area contributed by atoms with Gasteiger partial charge < -0.3 is 0 Å². The van der Waals surface area contributed by atoms with Crippen molar-refractivity contribution in [3.63, 3.8) is 0 Å². The molecule has 0 N–H and O–H groups in total. The third kappa shape index (κ3) is 1.80. The van der Waals surface area contributed by atoms with Crippen LogP contribution in [-0.4, -0.2) is 8.80 Å². The Bertz CT molecular complexity index is 512. The van der Waals surface area contributed by atoms with E-state index in [0.717, 1.165) is 0 Å². The van der Waals surface area contributed by atoms with Crippen LogP contribution in [0.25, 0.3) is 5.57 Å². The van der Waals surface area contributed by atoms with Crippen LogP contribution in [0.15, 0.2) is 11.6 Å². The molecule has 1 aliphatic carbocycles. The molecule has 0 spiro atoms. The number of hydrogen-bond donors (Lipinski definition) is 0. The maximum atomic E-state index is 6.52. The lowest BCUT2D eigenvalue weighted by atomic mass is 9.97. The topological polar surface area (TPSA) is 0 Å². The van der Waals surface area contributed by atoms with Crippen LogP contribution in [-0.2, 0) is 0 Å². The van der Waals surface area contributed by atoms with Gasteiger partial charge in [0.2, 0.25) is 0 Å². The number of aryl methyl sites for hydroxylation is 1. The highest BCUT2D eigenvalue weighted by molar-refractivity contribution is 6.71. The van der Waals surface area contributed by atoms with E-state index in [1.54, 1.807) is 5.19 Å². The summed E-state index contributed by atoms with van der Waals surface area (Å²) in [6.07, 6.45) is 0. The summed E-state index contributed by atoms with van der Waals surface area (Å²) < 4.78 is 0. The van der Waals surface area contributed by atoms with E-state index >= 15 is 0 Å². The van der Waals surface area contributed by atoms with Crippen molar-refractivity contribution in [2.45, 2.75) is 46.2 Å². The molecule has 0 saturated carbocycles. The second-order valence-corrected chi connectivity index (χ2v) is 8.84. The molecule has 2 heteroatoms. The molecule has 1 aromatic carbocycles. The third-order valence-electron chi connectivity index (χ3n) is 4.06. The highest BCUT2D eigenvalue weighted by Crippen LogP contribution is 2.45. The Balaban J connectivity index is 2.77. The van der Waals surface area contributed by atoms with Gasteiger partial charge in [0, 0.05) is 0 Å². The van der Waals surface area contributed by atoms with Crippen molar-refractivity contribution < 1.29 is 0 Å². The molecule has 1 unspecified atom stereocenters. The monoisotopic (exact) mass is 264 g/mol. The van der Waals surface area contributed by atoms with Crippen molar-refractivity contribution in [3.8, 4) is 0 Å². The van der Waals surface area contributed by atoms with Crippen molar-refractivity contribution in [2.24, 2.45) is 0 Å². The van der Waals surface area contributed by atoms with E-state index in [9.17, 15) is 0 Å². The molecule has 0 nitrogen and oxygen atoms in total. The summed E-state index contributed by atoms with van der Waals surface area (Å²) in [5.41, 5.74) is 8.41. The van der Waals surface area contributed by atoms with Gasteiger partial charge in [0.25, 0.3) is 0 Å². The fraction of sp³-hybridized carbons (Fsp3) is 0.467. The summed E-state index contributed by atoms with van der Waals surface area (Å²) in [4.78, 5) is 0. The molecule has 1 aromatic rings. The van der Waals surface area contributed by atoms with Gasteiger partial charge in [-0.2, -0.15) is 0 Å². The smallest absolute Gasteiger partial charge is 0.0804 e. The Morgan fingerprint density at radius 1 is 1.12 bits per heavy atom. The quantitative estimate of drug-likeness (QED) is 0.530. The Hall–Kier alpha value is -0.533. The fourth-order valence-electron chi connectivity index (χ4n) is 3.24. The minimum Gasteiger partial charge on any atom is -0.113 e. The largest absolute Gasteiger partial charge is 0.113 e. The first-order valence-electron chi connectivity index (χ1n) is 6.32. The van der Waals surface area contributed by atoms with Crippen molar-refractivity contribution in [3.05, 3.63) is 33.9 Å². The van der Waals surface area contributed by atoms with Crippen LogP contribution >= 0.6 is 11.6 Å². The van der Waals surface area contributed by atoms with Crippen LogP contribution in [0.1, 0.15) is 41.5 Å². The first-order chi connectivity index (χ1) is 7.86. The molecule has 0 bridgehead atoms. The van der Waals surface area contributed by atoms with Crippen LogP contribution in [0.5, 0.6) is 0 Å².